The molecule has 0 heterocycles. The molecule has 0 aliphatic rings. The normalized spacial score (nSPS) is 11.7. The van der Waals surface area contributed by atoms with Crippen LogP contribution in [0.4, 0.5) is 0 Å². The molecule has 0 bridgehead atoms. The standard InChI is InChI=1S/C18H31NO3S/c1-2-3-4-5-6-7-8-9-10-14-17-22-19-23(20,21)18-15-12-11-13-16-18/h11-13,15-16,19H,2-10,14,17H2,1H3. The predicted molar refractivity (Wildman–Crippen MR) is 94.6 cm³/mol. The fraction of sp³-hybridized carbons (Fsp3) is 0.667. The second-order valence-corrected chi connectivity index (χ2v) is 7.58. The Labute approximate surface area is 141 Å². The Balaban J connectivity index is 1.96. The van der Waals surface area contributed by atoms with E-state index < -0.39 is 10.0 Å². The van der Waals surface area contributed by atoms with E-state index >= 15 is 0 Å². The first-order valence-corrected chi connectivity index (χ1v) is 10.3. The zero-order chi connectivity index (χ0) is 16.8. The number of unbranched alkanes of at least 4 members (excludes halogenated alkanes) is 9. The Bertz CT molecular complexity index is 488. The third kappa shape index (κ3) is 9.74. The van der Waals surface area contributed by atoms with E-state index in [1.165, 1.54) is 51.4 Å². The molecular formula is C18H31NO3S. The third-order valence-corrected chi connectivity index (χ3v) is 5.05. The highest BCUT2D eigenvalue weighted by atomic mass is 32.2. The zero-order valence-electron chi connectivity index (χ0n) is 14.3. The van der Waals surface area contributed by atoms with Crippen molar-refractivity contribution in [1.82, 2.24) is 4.89 Å². The Kier molecular flexibility index (Phi) is 10.9. The molecule has 1 N–H and O–H groups in total. The van der Waals surface area contributed by atoms with Crippen LogP contribution in [0.1, 0.15) is 71.1 Å². The molecule has 0 saturated heterocycles. The van der Waals surface area contributed by atoms with Gasteiger partial charge >= 0.3 is 0 Å². The van der Waals surface area contributed by atoms with E-state index in [4.69, 9.17) is 4.84 Å². The maximum atomic E-state index is 11.9. The zero-order valence-corrected chi connectivity index (χ0v) is 15.1. The van der Waals surface area contributed by atoms with Crippen molar-refractivity contribution in [1.29, 1.82) is 0 Å². The van der Waals surface area contributed by atoms with Gasteiger partial charge in [-0.05, 0) is 18.6 Å². The molecule has 5 heteroatoms. The van der Waals surface area contributed by atoms with E-state index in [1.54, 1.807) is 30.3 Å². The SMILES string of the molecule is CCCCCCCCCCCCONS(=O)(=O)c1ccccc1. The van der Waals surface area contributed by atoms with Crippen LogP contribution in [0, 0.1) is 0 Å². The van der Waals surface area contributed by atoms with Gasteiger partial charge in [-0.2, -0.15) is 0 Å². The lowest BCUT2D eigenvalue weighted by Gasteiger charge is -2.07. The quantitative estimate of drug-likeness (QED) is 0.390. The molecule has 0 atom stereocenters. The summed E-state index contributed by atoms with van der Waals surface area (Å²) in [6, 6.07) is 8.26. The largest absolute Gasteiger partial charge is 0.287 e. The molecule has 1 aromatic carbocycles. The van der Waals surface area contributed by atoms with Crippen LogP contribution in [-0.2, 0) is 14.9 Å². The lowest BCUT2D eigenvalue weighted by atomic mass is 10.1. The first-order valence-electron chi connectivity index (χ1n) is 8.85. The molecule has 0 aliphatic carbocycles. The average molecular weight is 342 g/mol. The van der Waals surface area contributed by atoms with Gasteiger partial charge in [-0.1, -0.05) is 87.8 Å². The van der Waals surface area contributed by atoms with Gasteiger partial charge in [-0.25, -0.2) is 8.42 Å². The van der Waals surface area contributed by atoms with E-state index in [0.29, 0.717) is 6.61 Å². The molecule has 4 nitrogen and oxygen atoms in total. The number of hydrogen-bond acceptors (Lipinski definition) is 3. The molecule has 0 aliphatic heterocycles. The molecule has 0 saturated carbocycles. The number of nitrogens with one attached hydrogen (secondary N) is 1. The topological polar surface area (TPSA) is 55.4 Å². The van der Waals surface area contributed by atoms with Crippen LogP contribution >= 0.6 is 0 Å². The van der Waals surface area contributed by atoms with Crippen molar-refractivity contribution in [2.75, 3.05) is 6.61 Å². The summed E-state index contributed by atoms with van der Waals surface area (Å²) in [5.41, 5.74) is 0. The molecule has 1 rings (SSSR count). The summed E-state index contributed by atoms with van der Waals surface area (Å²) in [7, 11) is -3.55. The summed E-state index contributed by atoms with van der Waals surface area (Å²) < 4.78 is 23.8. The fourth-order valence-corrected chi connectivity index (χ4v) is 3.28. The minimum absolute atomic E-state index is 0.225. The highest BCUT2D eigenvalue weighted by Crippen LogP contribution is 2.11. The van der Waals surface area contributed by atoms with Gasteiger partial charge in [0, 0.05) is 0 Å². The maximum Gasteiger partial charge on any atom is 0.262 e. The lowest BCUT2D eigenvalue weighted by Crippen LogP contribution is -2.24. The van der Waals surface area contributed by atoms with Crippen molar-refractivity contribution >= 4 is 10.0 Å². The first kappa shape index (κ1) is 20.1. The van der Waals surface area contributed by atoms with Crippen molar-refractivity contribution in [3.05, 3.63) is 30.3 Å². The summed E-state index contributed by atoms with van der Waals surface area (Å²) in [5, 5.41) is 0. The molecule has 132 valence electrons. The van der Waals surface area contributed by atoms with Crippen LogP contribution in [0.3, 0.4) is 0 Å². The van der Waals surface area contributed by atoms with Crippen molar-refractivity contribution in [2.24, 2.45) is 0 Å². The van der Waals surface area contributed by atoms with Crippen LogP contribution in [0.15, 0.2) is 35.2 Å². The molecule has 0 spiro atoms. The van der Waals surface area contributed by atoms with Crippen LogP contribution < -0.4 is 4.89 Å². The van der Waals surface area contributed by atoms with Gasteiger partial charge in [0.2, 0.25) is 0 Å². The summed E-state index contributed by atoms with van der Waals surface area (Å²) in [5.74, 6) is 0. The van der Waals surface area contributed by atoms with Crippen LogP contribution in [0.5, 0.6) is 0 Å². The van der Waals surface area contributed by atoms with Crippen molar-refractivity contribution in [3.8, 4) is 0 Å². The Morgan fingerprint density at radius 2 is 1.35 bits per heavy atom. The van der Waals surface area contributed by atoms with Gasteiger partial charge in [0.15, 0.2) is 0 Å². The third-order valence-electron chi connectivity index (χ3n) is 3.82. The highest BCUT2D eigenvalue weighted by Gasteiger charge is 2.12. The maximum absolute atomic E-state index is 11.9. The van der Waals surface area contributed by atoms with Gasteiger partial charge in [0.25, 0.3) is 10.0 Å². The predicted octanol–water partition coefficient (Wildman–Crippen LogP) is 4.82. The molecule has 1 aromatic rings. The number of benzene rings is 1. The summed E-state index contributed by atoms with van der Waals surface area (Å²) in [6.07, 6.45) is 12.5. The van der Waals surface area contributed by atoms with Crippen LogP contribution in [0.25, 0.3) is 0 Å². The van der Waals surface area contributed by atoms with Crippen LogP contribution in [0.2, 0.25) is 0 Å². The van der Waals surface area contributed by atoms with Gasteiger partial charge in [-0.3, -0.25) is 4.84 Å². The van der Waals surface area contributed by atoms with Crippen LogP contribution in [-0.4, -0.2) is 15.0 Å². The summed E-state index contributed by atoms with van der Waals surface area (Å²) in [4.78, 5) is 7.49. The van der Waals surface area contributed by atoms with E-state index in [9.17, 15) is 8.42 Å². The molecule has 0 fully saturated rings. The second kappa shape index (κ2) is 12.5. The number of sulfonamides is 1. The fourth-order valence-electron chi connectivity index (χ4n) is 2.43. The highest BCUT2D eigenvalue weighted by molar-refractivity contribution is 7.89. The Morgan fingerprint density at radius 1 is 0.826 bits per heavy atom. The number of hydrogen-bond donors (Lipinski definition) is 1. The molecule has 0 aromatic heterocycles. The van der Waals surface area contributed by atoms with Crippen molar-refractivity contribution in [2.45, 2.75) is 76.0 Å². The summed E-state index contributed by atoms with van der Waals surface area (Å²) >= 11 is 0. The van der Waals surface area contributed by atoms with Gasteiger partial charge in [0.05, 0.1) is 11.5 Å². The van der Waals surface area contributed by atoms with E-state index in [0.717, 1.165) is 12.8 Å². The van der Waals surface area contributed by atoms with Gasteiger partial charge < -0.3 is 0 Å². The average Bonchev–Trinajstić information content (AvgIpc) is 2.56. The lowest BCUT2D eigenvalue weighted by molar-refractivity contribution is 0.0896. The van der Waals surface area contributed by atoms with Crippen molar-refractivity contribution in [3.63, 3.8) is 0 Å². The number of rotatable bonds is 14. The van der Waals surface area contributed by atoms with Gasteiger partial charge in [0.1, 0.15) is 0 Å². The van der Waals surface area contributed by atoms with Gasteiger partial charge in [-0.15, -0.1) is 0 Å². The molecule has 0 amide bonds. The Hall–Kier alpha value is -0.910. The van der Waals surface area contributed by atoms with Crippen molar-refractivity contribution < 1.29 is 13.3 Å². The minimum Gasteiger partial charge on any atom is -0.287 e. The Morgan fingerprint density at radius 3 is 1.91 bits per heavy atom. The first-order chi connectivity index (χ1) is 11.2. The molecular weight excluding hydrogens is 310 g/mol. The molecule has 0 unspecified atom stereocenters. The van der Waals surface area contributed by atoms with E-state index in [-0.39, 0.29) is 4.90 Å². The van der Waals surface area contributed by atoms with E-state index in [1.807, 2.05) is 0 Å². The summed E-state index contributed by atoms with van der Waals surface area (Å²) in [6.45, 7) is 2.66. The monoisotopic (exact) mass is 341 g/mol. The second-order valence-electron chi connectivity index (χ2n) is 5.93. The molecule has 0 radical (unpaired) electrons. The smallest absolute Gasteiger partial charge is 0.262 e. The van der Waals surface area contributed by atoms with E-state index in [2.05, 4.69) is 11.8 Å². The minimum atomic E-state index is -3.55. The molecule has 23 heavy (non-hydrogen) atoms.